The number of imide groups is 1. The number of hydrogen-bond donors (Lipinski definition) is 0. The van der Waals surface area contributed by atoms with Crippen molar-refractivity contribution in [2.45, 2.75) is 25.8 Å². The number of carbonyl (C=O) groups excluding carboxylic acids is 3. The smallest absolute Gasteiger partial charge is 0.273 e. The van der Waals surface area contributed by atoms with E-state index in [1.165, 1.54) is 12.1 Å². The summed E-state index contributed by atoms with van der Waals surface area (Å²) in [5.74, 6) is -0.282. The molecule has 11 nitrogen and oxygen atoms in total. The molecule has 0 atom stereocenters. The van der Waals surface area contributed by atoms with Gasteiger partial charge >= 0.3 is 0 Å². The Hall–Kier alpha value is -4.15. The van der Waals surface area contributed by atoms with Gasteiger partial charge in [0, 0.05) is 30.7 Å². The van der Waals surface area contributed by atoms with Crippen molar-refractivity contribution >= 4 is 17.7 Å². The number of rotatable bonds is 4. The third-order valence-electron chi connectivity index (χ3n) is 5.20. The van der Waals surface area contributed by atoms with Crippen LogP contribution >= 0.6 is 0 Å². The van der Waals surface area contributed by atoms with Crippen LogP contribution in [-0.4, -0.2) is 59.8 Å². The molecule has 1 fully saturated rings. The minimum Gasteiger partial charge on any atom is -0.481 e. The highest BCUT2D eigenvalue weighted by Crippen LogP contribution is 2.29. The number of nitrogens with zero attached hydrogens (tertiary/aromatic N) is 7. The summed E-state index contributed by atoms with van der Waals surface area (Å²) in [5, 5.41) is 10.4. The first-order valence-electron chi connectivity index (χ1n) is 9.66. The molecule has 0 radical (unpaired) electrons. The molecule has 11 heteroatoms. The predicted molar refractivity (Wildman–Crippen MR) is 105 cm³/mol. The normalized spacial score (nSPS) is 16.1. The van der Waals surface area contributed by atoms with Gasteiger partial charge in [0.25, 0.3) is 5.91 Å². The van der Waals surface area contributed by atoms with Gasteiger partial charge in [-0.25, -0.2) is 14.7 Å². The standard InChI is InChI=1S/C20H17N7O4/c1-31-16-7-8-21-19(22-16)15-11-25(24-23-15)13-5-6-14-12(9-13)10-26(20(14)30)27-17(28)3-2-4-18(27)29/h5-9,11H,2-4,10H2,1H3. The number of fused-ring (bicyclic) bond motifs is 1. The van der Waals surface area contributed by atoms with Crippen molar-refractivity contribution in [2.24, 2.45) is 0 Å². The summed E-state index contributed by atoms with van der Waals surface area (Å²) >= 11 is 0. The molecule has 1 saturated heterocycles. The van der Waals surface area contributed by atoms with Gasteiger partial charge in [-0.05, 0) is 30.2 Å². The van der Waals surface area contributed by atoms with E-state index in [2.05, 4.69) is 20.3 Å². The quantitative estimate of drug-likeness (QED) is 0.577. The van der Waals surface area contributed by atoms with E-state index < -0.39 is 0 Å². The average molecular weight is 419 g/mol. The zero-order valence-corrected chi connectivity index (χ0v) is 16.6. The maximum atomic E-state index is 12.8. The van der Waals surface area contributed by atoms with Crippen LogP contribution < -0.4 is 4.74 Å². The molecule has 3 amide bonds. The second-order valence-electron chi connectivity index (χ2n) is 7.13. The van der Waals surface area contributed by atoms with E-state index in [4.69, 9.17) is 4.74 Å². The van der Waals surface area contributed by atoms with Crippen molar-refractivity contribution < 1.29 is 19.1 Å². The molecule has 0 bridgehead atoms. The number of amides is 3. The van der Waals surface area contributed by atoms with Crippen LogP contribution in [0.5, 0.6) is 5.88 Å². The third kappa shape index (κ3) is 3.19. The summed E-state index contributed by atoms with van der Waals surface area (Å²) in [4.78, 5) is 45.7. The average Bonchev–Trinajstić information content (AvgIpc) is 3.39. The fraction of sp³-hybridized carbons (Fsp3) is 0.250. The second-order valence-corrected chi connectivity index (χ2v) is 7.13. The summed E-state index contributed by atoms with van der Waals surface area (Å²) in [6, 6.07) is 6.81. The topological polar surface area (TPSA) is 123 Å². The molecular formula is C20H17N7O4. The summed E-state index contributed by atoms with van der Waals surface area (Å²) in [7, 11) is 1.52. The fourth-order valence-corrected chi connectivity index (χ4v) is 3.68. The van der Waals surface area contributed by atoms with Crippen molar-refractivity contribution in [1.29, 1.82) is 0 Å². The van der Waals surface area contributed by atoms with Crippen LogP contribution in [0.3, 0.4) is 0 Å². The van der Waals surface area contributed by atoms with Crippen molar-refractivity contribution in [3.8, 4) is 23.1 Å². The molecular weight excluding hydrogens is 402 g/mol. The molecule has 31 heavy (non-hydrogen) atoms. The number of ether oxygens (including phenoxy) is 1. The van der Waals surface area contributed by atoms with Crippen LogP contribution in [0.25, 0.3) is 17.2 Å². The van der Waals surface area contributed by atoms with Gasteiger partial charge in [0.1, 0.15) is 0 Å². The van der Waals surface area contributed by atoms with E-state index in [-0.39, 0.29) is 37.1 Å². The number of hydrazine groups is 1. The van der Waals surface area contributed by atoms with E-state index in [0.717, 1.165) is 5.01 Å². The minimum atomic E-state index is -0.366. The molecule has 0 aliphatic carbocycles. The molecule has 3 aromatic rings. The molecule has 0 spiro atoms. The van der Waals surface area contributed by atoms with Gasteiger partial charge in [-0.2, -0.15) is 9.99 Å². The fourth-order valence-electron chi connectivity index (χ4n) is 3.68. The molecule has 4 heterocycles. The van der Waals surface area contributed by atoms with E-state index in [1.54, 1.807) is 41.3 Å². The summed E-state index contributed by atoms with van der Waals surface area (Å²) in [6.45, 7) is 0.139. The van der Waals surface area contributed by atoms with Gasteiger partial charge in [0.2, 0.25) is 17.7 Å². The van der Waals surface area contributed by atoms with Gasteiger partial charge in [0.05, 0.1) is 25.5 Å². The van der Waals surface area contributed by atoms with E-state index in [0.29, 0.717) is 40.6 Å². The Morgan fingerprint density at radius 1 is 1.06 bits per heavy atom. The van der Waals surface area contributed by atoms with Crippen molar-refractivity contribution in [1.82, 2.24) is 35.0 Å². The number of aromatic nitrogens is 5. The molecule has 0 unspecified atom stereocenters. The lowest BCUT2D eigenvalue weighted by Gasteiger charge is -2.32. The lowest BCUT2D eigenvalue weighted by molar-refractivity contribution is -0.163. The highest BCUT2D eigenvalue weighted by atomic mass is 16.5. The second kappa shape index (κ2) is 7.27. The van der Waals surface area contributed by atoms with E-state index >= 15 is 0 Å². The molecule has 2 aromatic heterocycles. The maximum Gasteiger partial charge on any atom is 0.273 e. The minimum absolute atomic E-state index is 0.139. The SMILES string of the molecule is COc1ccnc(-c2cn(-c3ccc4c(c3)CN(N3C(=O)CCCC3=O)C4=O)nn2)n1. The van der Waals surface area contributed by atoms with Crippen LogP contribution in [0.2, 0.25) is 0 Å². The Morgan fingerprint density at radius 3 is 2.65 bits per heavy atom. The number of piperidine rings is 1. The Morgan fingerprint density at radius 2 is 1.87 bits per heavy atom. The van der Waals surface area contributed by atoms with Crippen LogP contribution in [0.15, 0.2) is 36.7 Å². The van der Waals surface area contributed by atoms with Crippen LogP contribution in [-0.2, 0) is 16.1 Å². The molecule has 1 aromatic carbocycles. The Kier molecular flexibility index (Phi) is 4.42. The van der Waals surface area contributed by atoms with Crippen molar-refractivity contribution in [3.63, 3.8) is 0 Å². The Balaban J connectivity index is 1.43. The maximum absolute atomic E-state index is 12.8. The summed E-state index contributed by atoms with van der Waals surface area (Å²) < 4.78 is 6.65. The first-order valence-corrected chi connectivity index (χ1v) is 9.66. The van der Waals surface area contributed by atoms with Gasteiger partial charge in [0.15, 0.2) is 11.5 Å². The molecule has 0 saturated carbocycles. The van der Waals surface area contributed by atoms with Crippen LogP contribution in [0.1, 0.15) is 35.2 Å². The number of methoxy groups -OCH3 is 1. The van der Waals surface area contributed by atoms with Gasteiger partial charge in [-0.3, -0.25) is 14.4 Å². The third-order valence-corrected chi connectivity index (χ3v) is 5.20. The zero-order chi connectivity index (χ0) is 21.5. The monoisotopic (exact) mass is 419 g/mol. The first-order chi connectivity index (χ1) is 15.0. The largest absolute Gasteiger partial charge is 0.481 e. The van der Waals surface area contributed by atoms with Gasteiger partial charge in [-0.15, -0.1) is 5.10 Å². The highest BCUT2D eigenvalue weighted by Gasteiger charge is 2.39. The molecule has 2 aliphatic rings. The zero-order valence-electron chi connectivity index (χ0n) is 16.6. The summed E-state index contributed by atoms with van der Waals surface area (Å²) in [5.41, 5.74) is 2.28. The van der Waals surface area contributed by atoms with Crippen molar-refractivity contribution in [2.75, 3.05) is 7.11 Å². The lowest BCUT2D eigenvalue weighted by atomic mass is 10.1. The first kappa shape index (κ1) is 18.9. The lowest BCUT2D eigenvalue weighted by Crippen LogP contribution is -2.51. The molecule has 156 valence electrons. The van der Waals surface area contributed by atoms with Gasteiger partial charge in [-0.1, -0.05) is 5.21 Å². The Bertz CT molecular complexity index is 1210. The molecule has 0 N–H and O–H groups in total. The van der Waals surface area contributed by atoms with E-state index in [1.807, 2.05) is 0 Å². The van der Waals surface area contributed by atoms with Crippen molar-refractivity contribution in [3.05, 3.63) is 47.8 Å². The van der Waals surface area contributed by atoms with E-state index in [9.17, 15) is 14.4 Å². The van der Waals surface area contributed by atoms with Gasteiger partial charge < -0.3 is 4.74 Å². The molecule has 2 aliphatic heterocycles. The predicted octanol–water partition coefficient (Wildman–Crippen LogP) is 1.14. The molecule has 5 rings (SSSR count). The number of benzene rings is 1. The summed E-state index contributed by atoms with van der Waals surface area (Å²) in [6.07, 6.45) is 4.26. The highest BCUT2D eigenvalue weighted by molar-refractivity contribution is 6.04. The van der Waals surface area contributed by atoms with Crippen LogP contribution in [0.4, 0.5) is 0 Å². The number of hydrogen-bond acceptors (Lipinski definition) is 8. The Labute approximate surface area is 176 Å². The number of carbonyl (C=O) groups is 3. The van der Waals surface area contributed by atoms with Crippen LogP contribution in [0, 0.1) is 0 Å².